The predicted octanol–water partition coefficient (Wildman–Crippen LogP) is 3.79. The molecule has 128 valence electrons. The monoisotopic (exact) mass is 321 g/mol. The molecule has 0 aliphatic carbocycles. The number of nitrogens with zero attached hydrogens (tertiary/aromatic N) is 1. The molecule has 0 aromatic heterocycles. The molecule has 23 heavy (non-hydrogen) atoms. The average molecular weight is 321 g/mol. The molecule has 1 N–H and O–H groups in total. The van der Waals surface area contributed by atoms with E-state index < -0.39 is 17.0 Å². The van der Waals surface area contributed by atoms with Gasteiger partial charge in [-0.3, -0.25) is 4.79 Å². The molecule has 1 aliphatic rings. The van der Waals surface area contributed by atoms with Gasteiger partial charge in [-0.2, -0.15) is 0 Å². The first kappa shape index (κ1) is 19.0. The number of carboxylic acids is 1. The fourth-order valence-electron chi connectivity index (χ4n) is 2.11. The van der Waals surface area contributed by atoms with Crippen LogP contribution in [-0.4, -0.2) is 40.8 Å². The molecule has 1 amide bonds. The van der Waals surface area contributed by atoms with E-state index in [0.29, 0.717) is 25.9 Å². The van der Waals surface area contributed by atoms with Crippen LogP contribution in [0.3, 0.4) is 0 Å². The second-order valence-electron chi connectivity index (χ2n) is 6.99. The van der Waals surface area contributed by atoms with Gasteiger partial charge >= 0.3 is 12.1 Å². The van der Waals surface area contributed by atoms with Crippen molar-refractivity contribution in [3.05, 3.63) is 36.4 Å². The van der Waals surface area contributed by atoms with Crippen LogP contribution in [-0.2, 0) is 9.53 Å². The zero-order chi connectivity index (χ0) is 17.5. The number of carbonyl (C=O) groups is 2. The molecule has 5 nitrogen and oxygen atoms in total. The van der Waals surface area contributed by atoms with Crippen LogP contribution in [0.4, 0.5) is 4.79 Å². The summed E-state index contributed by atoms with van der Waals surface area (Å²) in [6.45, 7) is 8.06. The zero-order valence-electron chi connectivity index (χ0n) is 14.4. The van der Waals surface area contributed by atoms with Crippen LogP contribution in [0.2, 0.25) is 0 Å². The largest absolute Gasteiger partial charge is 0.481 e. The summed E-state index contributed by atoms with van der Waals surface area (Å²) in [4.78, 5) is 24.4. The highest BCUT2D eigenvalue weighted by Crippen LogP contribution is 2.31. The summed E-state index contributed by atoms with van der Waals surface area (Å²) in [5, 5.41) is 9.07. The Morgan fingerprint density at radius 3 is 1.70 bits per heavy atom. The molecule has 5 heteroatoms. The van der Waals surface area contributed by atoms with E-state index in [1.54, 1.807) is 11.8 Å². The maximum absolute atomic E-state index is 11.8. The van der Waals surface area contributed by atoms with Crippen LogP contribution in [0.25, 0.3) is 0 Å². The van der Waals surface area contributed by atoms with Gasteiger partial charge in [-0.1, -0.05) is 36.4 Å². The van der Waals surface area contributed by atoms with Gasteiger partial charge in [0.1, 0.15) is 5.60 Å². The first-order valence-corrected chi connectivity index (χ1v) is 7.85. The van der Waals surface area contributed by atoms with Gasteiger partial charge in [0.15, 0.2) is 0 Å². The van der Waals surface area contributed by atoms with Gasteiger partial charge in [-0.25, -0.2) is 4.79 Å². The van der Waals surface area contributed by atoms with Crippen molar-refractivity contribution in [3.63, 3.8) is 0 Å². The Labute approximate surface area is 138 Å². The highest BCUT2D eigenvalue weighted by atomic mass is 16.6. The Balaban J connectivity index is 0.000000366. The molecule has 1 saturated heterocycles. The van der Waals surface area contributed by atoms with Crippen LogP contribution in [0.15, 0.2) is 36.4 Å². The van der Waals surface area contributed by atoms with E-state index in [-0.39, 0.29) is 6.09 Å². The first-order valence-electron chi connectivity index (χ1n) is 7.85. The number of hydrogen-bond donors (Lipinski definition) is 1. The van der Waals surface area contributed by atoms with Crippen molar-refractivity contribution < 1.29 is 19.4 Å². The molecule has 0 radical (unpaired) electrons. The quantitative estimate of drug-likeness (QED) is 0.854. The number of rotatable bonds is 1. The summed E-state index contributed by atoms with van der Waals surface area (Å²) in [6, 6.07) is 12.0. The Morgan fingerprint density at radius 2 is 1.39 bits per heavy atom. The van der Waals surface area contributed by atoms with E-state index in [4.69, 9.17) is 9.84 Å². The molecule has 1 aromatic rings. The summed E-state index contributed by atoms with van der Waals surface area (Å²) in [6.07, 6.45) is 0.591. The number of aliphatic carboxylic acids is 1. The van der Waals surface area contributed by atoms with Crippen LogP contribution in [0.5, 0.6) is 0 Å². The maximum Gasteiger partial charge on any atom is 0.410 e. The van der Waals surface area contributed by atoms with Gasteiger partial charge < -0.3 is 14.7 Å². The third-order valence-corrected chi connectivity index (χ3v) is 3.70. The standard InChI is InChI=1S/C12H21NO4.C6H6/c1-11(2,3)17-10(16)13-7-5-12(4,6-8-13)9(14)15;1-2-4-6-5-3-1/h5-8H2,1-4H3,(H,14,15);1-6H. The van der Waals surface area contributed by atoms with Crippen molar-refractivity contribution in [1.82, 2.24) is 4.90 Å². The Kier molecular flexibility index (Phi) is 6.61. The summed E-state index contributed by atoms with van der Waals surface area (Å²) < 4.78 is 5.25. The third-order valence-electron chi connectivity index (χ3n) is 3.70. The maximum atomic E-state index is 11.8. The molecule has 1 heterocycles. The molecule has 1 fully saturated rings. The van der Waals surface area contributed by atoms with Crippen molar-refractivity contribution in [1.29, 1.82) is 0 Å². The lowest BCUT2D eigenvalue weighted by Gasteiger charge is -2.37. The number of piperidine rings is 1. The number of ether oxygens (including phenoxy) is 1. The number of likely N-dealkylation sites (tertiary alicyclic amines) is 1. The number of benzene rings is 1. The average Bonchev–Trinajstić information content (AvgIpc) is 2.48. The predicted molar refractivity (Wildman–Crippen MR) is 89.2 cm³/mol. The topological polar surface area (TPSA) is 66.8 Å². The summed E-state index contributed by atoms with van der Waals surface area (Å²) >= 11 is 0. The lowest BCUT2D eigenvalue weighted by atomic mass is 9.81. The fourth-order valence-corrected chi connectivity index (χ4v) is 2.11. The van der Waals surface area contributed by atoms with Gasteiger partial charge in [-0.15, -0.1) is 0 Å². The second kappa shape index (κ2) is 7.99. The van der Waals surface area contributed by atoms with Crippen molar-refractivity contribution >= 4 is 12.1 Å². The van der Waals surface area contributed by atoms with E-state index in [0.717, 1.165) is 0 Å². The lowest BCUT2D eigenvalue weighted by molar-refractivity contribution is -0.150. The number of carboxylic acid groups (broad SMARTS) is 1. The molecule has 0 spiro atoms. The minimum absolute atomic E-state index is 0.357. The molecule has 0 atom stereocenters. The van der Waals surface area contributed by atoms with E-state index in [9.17, 15) is 9.59 Å². The van der Waals surface area contributed by atoms with Crippen molar-refractivity contribution in [3.8, 4) is 0 Å². The molecule has 0 saturated carbocycles. The van der Waals surface area contributed by atoms with Crippen molar-refractivity contribution in [2.24, 2.45) is 5.41 Å². The van der Waals surface area contributed by atoms with Gasteiger partial charge in [0, 0.05) is 13.1 Å². The SMILES string of the molecule is CC(C)(C)OC(=O)N1CCC(C)(C(=O)O)CC1.c1ccccc1. The van der Waals surface area contributed by atoms with Gasteiger partial charge in [0.05, 0.1) is 5.41 Å². The van der Waals surface area contributed by atoms with Crippen LogP contribution in [0.1, 0.15) is 40.5 Å². The normalized spacial score (nSPS) is 16.8. The number of amides is 1. The van der Waals surface area contributed by atoms with Crippen molar-refractivity contribution in [2.75, 3.05) is 13.1 Å². The molecule has 0 unspecified atom stereocenters. The highest BCUT2D eigenvalue weighted by Gasteiger charge is 2.38. The molecular weight excluding hydrogens is 294 g/mol. The third kappa shape index (κ3) is 6.72. The molecule has 0 bridgehead atoms. The van der Waals surface area contributed by atoms with E-state index >= 15 is 0 Å². The molecule has 1 aromatic carbocycles. The summed E-state index contributed by atoms with van der Waals surface area (Å²) in [5.74, 6) is -0.790. The summed E-state index contributed by atoms with van der Waals surface area (Å²) in [7, 11) is 0. The van der Waals surface area contributed by atoms with Gasteiger partial charge in [0.25, 0.3) is 0 Å². The minimum Gasteiger partial charge on any atom is -0.481 e. The molecule has 1 aliphatic heterocycles. The number of carbonyl (C=O) groups excluding carboxylic acids is 1. The van der Waals surface area contributed by atoms with Crippen molar-refractivity contribution in [2.45, 2.75) is 46.1 Å². The molecule has 2 rings (SSSR count). The van der Waals surface area contributed by atoms with E-state index in [2.05, 4.69) is 0 Å². The molecular formula is C18H27NO4. The summed E-state index contributed by atoms with van der Waals surface area (Å²) in [5.41, 5.74) is -1.22. The van der Waals surface area contributed by atoms with Gasteiger partial charge in [0.2, 0.25) is 0 Å². The van der Waals surface area contributed by atoms with Crippen LogP contribution < -0.4 is 0 Å². The highest BCUT2D eigenvalue weighted by molar-refractivity contribution is 5.75. The lowest BCUT2D eigenvalue weighted by Crippen LogP contribution is -2.46. The van der Waals surface area contributed by atoms with Crippen LogP contribution >= 0.6 is 0 Å². The Hall–Kier alpha value is -2.04. The zero-order valence-corrected chi connectivity index (χ0v) is 14.4. The van der Waals surface area contributed by atoms with E-state index in [1.807, 2.05) is 57.2 Å². The van der Waals surface area contributed by atoms with E-state index in [1.165, 1.54) is 0 Å². The second-order valence-corrected chi connectivity index (χ2v) is 6.99. The van der Waals surface area contributed by atoms with Gasteiger partial charge in [-0.05, 0) is 40.5 Å². The first-order chi connectivity index (χ1) is 10.6. The Bertz CT molecular complexity index is 473. The minimum atomic E-state index is -0.790. The smallest absolute Gasteiger partial charge is 0.410 e. The fraction of sp³-hybridized carbons (Fsp3) is 0.556. The van der Waals surface area contributed by atoms with Crippen LogP contribution in [0, 0.1) is 5.41 Å². The number of hydrogen-bond acceptors (Lipinski definition) is 3. The Morgan fingerprint density at radius 1 is 1.00 bits per heavy atom.